The molecule has 1 radical (unpaired) electrons. The van der Waals surface area contributed by atoms with Gasteiger partial charge in [0.25, 0.3) is 0 Å². The molecule has 1 heteroatoms. The van der Waals surface area contributed by atoms with E-state index in [1.807, 2.05) is 12.1 Å². The maximum absolute atomic E-state index is 4.18. The van der Waals surface area contributed by atoms with Gasteiger partial charge in [0.15, 0.2) is 0 Å². The summed E-state index contributed by atoms with van der Waals surface area (Å²) in [5.74, 6) is 0.234. The van der Waals surface area contributed by atoms with Crippen molar-refractivity contribution >= 4 is 17.6 Å². The summed E-state index contributed by atoms with van der Waals surface area (Å²) in [6.07, 6.45) is 0. The molecule has 15 heavy (non-hydrogen) atoms. The van der Waals surface area contributed by atoms with Crippen molar-refractivity contribution in [3.63, 3.8) is 0 Å². The van der Waals surface area contributed by atoms with Crippen LogP contribution in [0.4, 0.5) is 0 Å². The van der Waals surface area contributed by atoms with E-state index < -0.39 is 0 Å². The summed E-state index contributed by atoms with van der Waals surface area (Å²) < 4.78 is 0. The molecule has 0 aliphatic heterocycles. The Morgan fingerprint density at radius 3 is 1.33 bits per heavy atom. The quantitative estimate of drug-likeness (QED) is 0.724. The van der Waals surface area contributed by atoms with E-state index in [9.17, 15) is 0 Å². The van der Waals surface area contributed by atoms with Crippen molar-refractivity contribution < 1.29 is 0 Å². The molecular formula is C14H17Ge. The Balaban J connectivity index is 0.00000112. The zero-order valence-corrected chi connectivity index (χ0v) is 8.06. The first-order valence-electron chi connectivity index (χ1n) is 4.81. The van der Waals surface area contributed by atoms with Gasteiger partial charge in [-0.05, 0) is 18.1 Å². The number of benzene rings is 2. The van der Waals surface area contributed by atoms with Crippen LogP contribution in [-0.2, 0) is 0 Å². The SMILES string of the molecule is [CH2]C(c1ccccc1)c1ccccc1.[GeH4]. The van der Waals surface area contributed by atoms with E-state index in [1.54, 1.807) is 0 Å². The van der Waals surface area contributed by atoms with Crippen molar-refractivity contribution in [3.05, 3.63) is 78.7 Å². The van der Waals surface area contributed by atoms with Crippen molar-refractivity contribution in [2.75, 3.05) is 0 Å². The van der Waals surface area contributed by atoms with E-state index in [4.69, 9.17) is 0 Å². The van der Waals surface area contributed by atoms with Gasteiger partial charge in [-0.25, -0.2) is 0 Å². The van der Waals surface area contributed by atoms with Crippen LogP contribution in [0.5, 0.6) is 0 Å². The molecule has 0 saturated heterocycles. The van der Waals surface area contributed by atoms with Gasteiger partial charge in [0.05, 0.1) is 0 Å². The molecule has 0 amide bonds. The molecule has 2 aromatic carbocycles. The van der Waals surface area contributed by atoms with Gasteiger partial charge < -0.3 is 0 Å². The molecule has 0 spiro atoms. The van der Waals surface area contributed by atoms with Crippen LogP contribution in [0.15, 0.2) is 60.7 Å². The summed E-state index contributed by atoms with van der Waals surface area (Å²) in [5, 5.41) is 0. The van der Waals surface area contributed by atoms with E-state index in [0.717, 1.165) is 0 Å². The summed E-state index contributed by atoms with van der Waals surface area (Å²) in [6.45, 7) is 4.18. The van der Waals surface area contributed by atoms with Crippen molar-refractivity contribution in [1.29, 1.82) is 0 Å². The third-order valence-electron chi connectivity index (χ3n) is 2.40. The van der Waals surface area contributed by atoms with Crippen molar-refractivity contribution in [2.45, 2.75) is 5.92 Å². The zero-order valence-electron chi connectivity index (χ0n) is 8.06. The van der Waals surface area contributed by atoms with E-state index in [0.29, 0.717) is 0 Å². The Labute approximate surface area is 102 Å². The number of rotatable bonds is 2. The molecule has 0 atom stereocenters. The fourth-order valence-electron chi connectivity index (χ4n) is 1.56. The summed E-state index contributed by atoms with van der Waals surface area (Å²) in [5.41, 5.74) is 2.53. The molecule has 2 rings (SSSR count). The van der Waals surface area contributed by atoms with Crippen LogP contribution in [0.25, 0.3) is 0 Å². The molecule has 77 valence electrons. The first-order valence-corrected chi connectivity index (χ1v) is 4.81. The van der Waals surface area contributed by atoms with E-state index in [2.05, 4.69) is 55.5 Å². The monoisotopic (exact) mass is 259 g/mol. The third-order valence-corrected chi connectivity index (χ3v) is 2.40. The van der Waals surface area contributed by atoms with Gasteiger partial charge >= 0.3 is 17.6 Å². The van der Waals surface area contributed by atoms with E-state index in [-0.39, 0.29) is 23.5 Å². The Bertz CT molecular complexity index is 341. The second kappa shape index (κ2) is 5.76. The van der Waals surface area contributed by atoms with Crippen LogP contribution in [0.1, 0.15) is 17.0 Å². The Morgan fingerprint density at radius 1 is 0.667 bits per heavy atom. The molecule has 0 unspecified atom stereocenters. The molecule has 0 aliphatic carbocycles. The zero-order chi connectivity index (χ0) is 9.80. The van der Waals surface area contributed by atoms with Gasteiger partial charge in [-0.3, -0.25) is 0 Å². The first kappa shape index (κ1) is 12.1. The molecular weight excluding hydrogens is 241 g/mol. The minimum atomic E-state index is 0. The second-order valence-corrected chi connectivity index (χ2v) is 3.37. The fourth-order valence-corrected chi connectivity index (χ4v) is 1.56. The minimum absolute atomic E-state index is 0. The van der Waals surface area contributed by atoms with Crippen molar-refractivity contribution in [2.24, 2.45) is 0 Å². The Hall–Kier alpha value is -1.02. The molecule has 0 aromatic heterocycles. The van der Waals surface area contributed by atoms with E-state index >= 15 is 0 Å². The van der Waals surface area contributed by atoms with Gasteiger partial charge in [-0.1, -0.05) is 60.7 Å². The Morgan fingerprint density at radius 2 is 1.00 bits per heavy atom. The van der Waals surface area contributed by atoms with Gasteiger partial charge in [0, 0.05) is 5.92 Å². The van der Waals surface area contributed by atoms with Crippen LogP contribution in [0, 0.1) is 6.92 Å². The molecule has 0 bridgehead atoms. The molecule has 0 fully saturated rings. The summed E-state index contributed by atoms with van der Waals surface area (Å²) in [4.78, 5) is 0. The van der Waals surface area contributed by atoms with Gasteiger partial charge in [0.2, 0.25) is 0 Å². The van der Waals surface area contributed by atoms with Crippen molar-refractivity contribution in [3.8, 4) is 0 Å². The molecule has 0 nitrogen and oxygen atoms in total. The average Bonchev–Trinajstić information content (AvgIpc) is 2.30. The third kappa shape index (κ3) is 2.96. The average molecular weight is 258 g/mol. The molecule has 0 aliphatic rings. The molecule has 0 N–H and O–H groups in total. The standard InChI is InChI=1S/C14H13.GeH4/c1-12(13-8-4-2-5-9-13)14-10-6-3-7-11-14;/h2-12H,1H2;1H4. The summed E-state index contributed by atoms with van der Waals surface area (Å²) >= 11 is 0. The molecule has 2 aromatic rings. The van der Waals surface area contributed by atoms with E-state index in [1.165, 1.54) is 11.1 Å². The topological polar surface area (TPSA) is 0 Å². The summed E-state index contributed by atoms with van der Waals surface area (Å²) in [7, 11) is 0. The maximum atomic E-state index is 4.18. The van der Waals surface area contributed by atoms with Crippen LogP contribution < -0.4 is 0 Å². The van der Waals surface area contributed by atoms with Crippen molar-refractivity contribution in [1.82, 2.24) is 0 Å². The van der Waals surface area contributed by atoms with Gasteiger partial charge in [-0.15, -0.1) is 0 Å². The number of hydrogen-bond donors (Lipinski definition) is 0. The van der Waals surface area contributed by atoms with Crippen LogP contribution in [-0.4, -0.2) is 17.6 Å². The number of hydrogen-bond acceptors (Lipinski definition) is 0. The Kier molecular flexibility index (Phi) is 4.63. The van der Waals surface area contributed by atoms with Crippen LogP contribution >= 0.6 is 0 Å². The van der Waals surface area contributed by atoms with Crippen LogP contribution in [0.3, 0.4) is 0 Å². The van der Waals surface area contributed by atoms with Gasteiger partial charge in [0.1, 0.15) is 0 Å². The normalized spacial score (nSPS) is 9.73. The summed E-state index contributed by atoms with van der Waals surface area (Å²) in [6, 6.07) is 20.7. The predicted molar refractivity (Wildman–Crippen MR) is 71.4 cm³/mol. The second-order valence-electron chi connectivity index (χ2n) is 3.37. The molecule has 0 saturated carbocycles. The molecule has 0 heterocycles. The van der Waals surface area contributed by atoms with Crippen LogP contribution in [0.2, 0.25) is 0 Å². The predicted octanol–water partition coefficient (Wildman–Crippen LogP) is 2.20. The van der Waals surface area contributed by atoms with Gasteiger partial charge in [-0.2, -0.15) is 0 Å². The fraction of sp³-hybridized carbons (Fsp3) is 0.0714. The first-order chi connectivity index (χ1) is 6.88.